The largest absolute Gasteiger partial charge is 0.504 e. The predicted molar refractivity (Wildman–Crippen MR) is 81.5 cm³/mol. The molecular weight excluding hydrogens is 284 g/mol. The van der Waals surface area contributed by atoms with Crippen molar-refractivity contribution in [2.45, 2.75) is 0 Å². The molecular formula is C17H12O5. The number of benzene rings is 2. The zero-order valence-corrected chi connectivity index (χ0v) is 11.7. The molecule has 0 saturated carbocycles. The summed E-state index contributed by atoms with van der Waals surface area (Å²) in [6, 6.07) is 10.9. The van der Waals surface area contributed by atoms with Crippen LogP contribution in [0.4, 0.5) is 0 Å². The van der Waals surface area contributed by atoms with Gasteiger partial charge in [0.1, 0.15) is 12.0 Å². The third-order valence-corrected chi connectivity index (χ3v) is 3.37. The number of aromatic hydroxyl groups is 1. The Bertz CT molecular complexity index is 907. The Kier molecular flexibility index (Phi) is 3.39. The van der Waals surface area contributed by atoms with E-state index >= 15 is 0 Å². The van der Waals surface area contributed by atoms with Crippen LogP contribution in [0.2, 0.25) is 0 Å². The number of carbonyl (C=O) groups excluding carboxylic acids is 1. The number of phenols is 1. The van der Waals surface area contributed by atoms with Crippen molar-refractivity contribution in [2.75, 3.05) is 7.11 Å². The van der Waals surface area contributed by atoms with Gasteiger partial charge in [-0.15, -0.1) is 0 Å². The number of hydrogen-bond acceptors (Lipinski definition) is 5. The molecule has 0 fully saturated rings. The molecule has 0 unspecified atom stereocenters. The molecule has 1 N–H and O–H groups in total. The number of carbonyl (C=O) groups is 1. The van der Waals surface area contributed by atoms with Gasteiger partial charge in [0.05, 0.1) is 12.5 Å². The number of phenolic OH excluding ortho intramolecular Hbond substituents is 1. The highest BCUT2D eigenvalue weighted by atomic mass is 16.5. The molecule has 5 nitrogen and oxygen atoms in total. The van der Waals surface area contributed by atoms with Crippen LogP contribution < -0.4 is 10.2 Å². The molecule has 0 saturated heterocycles. The Balaban J connectivity index is 2.26. The maximum atomic E-state index is 12.2. The molecule has 2 aromatic carbocycles. The summed E-state index contributed by atoms with van der Waals surface area (Å²) in [5.41, 5.74) is 1.12. The summed E-state index contributed by atoms with van der Waals surface area (Å²) < 4.78 is 10.8. The third kappa shape index (κ3) is 2.22. The SMILES string of the molecule is COc1c(O)ccc2c(=O)cc(-c3ccc(C=O)cc3)oc12. The number of aldehydes is 1. The van der Waals surface area contributed by atoms with Gasteiger partial charge in [0.15, 0.2) is 16.8 Å². The number of ether oxygens (including phenoxy) is 1. The van der Waals surface area contributed by atoms with E-state index < -0.39 is 0 Å². The molecule has 0 aliphatic carbocycles. The number of rotatable bonds is 3. The van der Waals surface area contributed by atoms with Gasteiger partial charge in [0.2, 0.25) is 5.75 Å². The van der Waals surface area contributed by atoms with Crippen molar-refractivity contribution in [1.29, 1.82) is 0 Å². The zero-order valence-electron chi connectivity index (χ0n) is 11.7. The van der Waals surface area contributed by atoms with E-state index in [4.69, 9.17) is 9.15 Å². The van der Waals surface area contributed by atoms with Gasteiger partial charge >= 0.3 is 0 Å². The van der Waals surface area contributed by atoms with E-state index in [2.05, 4.69) is 0 Å². The molecule has 5 heteroatoms. The van der Waals surface area contributed by atoms with Crippen LogP contribution in [0.3, 0.4) is 0 Å². The van der Waals surface area contributed by atoms with Gasteiger partial charge in [-0.3, -0.25) is 9.59 Å². The summed E-state index contributed by atoms with van der Waals surface area (Å²) in [5.74, 6) is 0.339. The van der Waals surface area contributed by atoms with Crippen molar-refractivity contribution < 1.29 is 19.1 Å². The maximum Gasteiger partial charge on any atom is 0.204 e. The topological polar surface area (TPSA) is 76.7 Å². The second-order valence-electron chi connectivity index (χ2n) is 4.71. The van der Waals surface area contributed by atoms with Gasteiger partial charge in [-0.1, -0.05) is 24.3 Å². The second-order valence-corrected chi connectivity index (χ2v) is 4.71. The molecule has 1 heterocycles. The average Bonchev–Trinajstić information content (AvgIpc) is 2.54. The lowest BCUT2D eigenvalue weighted by atomic mass is 10.1. The van der Waals surface area contributed by atoms with Crippen molar-refractivity contribution in [1.82, 2.24) is 0 Å². The Morgan fingerprint density at radius 1 is 1.14 bits per heavy atom. The van der Waals surface area contributed by atoms with Gasteiger partial charge in [0.25, 0.3) is 0 Å². The van der Waals surface area contributed by atoms with Crippen LogP contribution >= 0.6 is 0 Å². The van der Waals surface area contributed by atoms with Gasteiger partial charge in [-0.05, 0) is 12.1 Å². The van der Waals surface area contributed by atoms with Crippen LogP contribution in [0.15, 0.2) is 51.7 Å². The van der Waals surface area contributed by atoms with Crippen molar-refractivity contribution in [3.05, 3.63) is 58.3 Å². The van der Waals surface area contributed by atoms with Crippen molar-refractivity contribution >= 4 is 17.3 Å². The Hall–Kier alpha value is -3.08. The summed E-state index contributed by atoms with van der Waals surface area (Å²) in [6.45, 7) is 0. The van der Waals surface area contributed by atoms with Crippen LogP contribution in [0.25, 0.3) is 22.3 Å². The van der Waals surface area contributed by atoms with Crippen LogP contribution in [0, 0.1) is 0 Å². The van der Waals surface area contributed by atoms with E-state index in [-0.39, 0.29) is 22.5 Å². The van der Waals surface area contributed by atoms with Crippen molar-refractivity contribution in [2.24, 2.45) is 0 Å². The molecule has 0 amide bonds. The fourth-order valence-electron chi connectivity index (χ4n) is 2.25. The summed E-state index contributed by atoms with van der Waals surface area (Å²) in [4.78, 5) is 22.9. The van der Waals surface area contributed by atoms with E-state index in [0.29, 0.717) is 22.3 Å². The second kappa shape index (κ2) is 5.37. The van der Waals surface area contributed by atoms with Crippen molar-refractivity contribution in [3.8, 4) is 22.8 Å². The molecule has 3 aromatic rings. The Morgan fingerprint density at radius 3 is 2.50 bits per heavy atom. The fourth-order valence-corrected chi connectivity index (χ4v) is 2.25. The molecule has 0 radical (unpaired) electrons. The fraction of sp³-hybridized carbons (Fsp3) is 0.0588. The van der Waals surface area contributed by atoms with Gasteiger partial charge in [-0.2, -0.15) is 0 Å². The van der Waals surface area contributed by atoms with E-state index in [1.807, 2.05) is 0 Å². The highest BCUT2D eigenvalue weighted by molar-refractivity contribution is 5.86. The summed E-state index contributed by atoms with van der Waals surface area (Å²) in [7, 11) is 1.39. The minimum atomic E-state index is -0.242. The van der Waals surface area contributed by atoms with E-state index in [9.17, 15) is 14.7 Å². The highest BCUT2D eigenvalue weighted by Crippen LogP contribution is 2.35. The normalized spacial score (nSPS) is 10.6. The Morgan fingerprint density at radius 2 is 1.86 bits per heavy atom. The first-order valence-corrected chi connectivity index (χ1v) is 6.53. The van der Waals surface area contributed by atoms with E-state index in [1.54, 1.807) is 24.3 Å². The third-order valence-electron chi connectivity index (χ3n) is 3.37. The Labute approximate surface area is 125 Å². The molecule has 1 aromatic heterocycles. The van der Waals surface area contributed by atoms with Gasteiger partial charge in [-0.25, -0.2) is 0 Å². The zero-order chi connectivity index (χ0) is 15.7. The first-order chi connectivity index (χ1) is 10.6. The quantitative estimate of drug-likeness (QED) is 0.752. The minimum Gasteiger partial charge on any atom is -0.504 e. The summed E-state index contributed by atoms with van der Waals surface area (Å²) >= 11 is 0. The first kappa shape index (κ1) is 13.9. The number of methoxy groups -OCH3 is 1. The molecule has 0 spiro atoms. The lowest BCUT2D eigenvalue weighted by Crippen LogP contribution is -2.01. The first-order valence-electron chi connectivity index (χ1n) is 6.53. The minimum absolute atomic E-state index is 0.105. The summed E-state index contributed by atoms with van der Waals surface area (Å²) in [6.07, 6.45) is 0.738. The number of hydrogen-bond donors (Lipinski definition) is 1. The molecule has 0 aliphatic rings. The average molecular weight is 296 g/mol. The van der Waals surface area contributed by atoms with Crippen molar-refractivity contribution in [3.63, 3.8) is 0 Å². The number of fused-ring (bicyclic) bond motifs is 1. The van der Waals surface area contributed by atoms with Crippen LogP contribution in [-0.2, 0) is 0 Å². The molecule has 0 aliphatic heterocycles. The van der Waals surface area contributed by atoms with Crippen LogP contribution in [0.5, 0.6) is 11.5 Å². The van der Waals surface area contributed by atoms with Gasteiger partial charge in [0, 0.05) is 17.2 Å². The monoisotopic (exact) mass is 296 g/mol. The molecule has 0 bridgehead atoms. The molecule has 22 heavy (non-hydrogen) atoms. The maximum absolute atomic E-state index is 12.2. The lowest BCUT2D eigenvalue weighted by molar-refractivity contribution is 0.112. The lowest BCUT2D eigenvalue weighted by Gasteiger charge is -2.08. The van der Waals surface area contributed by atoms with Crippen LogP contribution in [0.1, 0.15) is 10.4 Å². The standard InChI is InChI=1S/C17H12O5/c1-21-17-13(19)7-6-12-14(20)8-15(22-16(12)17)11-4-2-10(9-18)3-5-11/h2-9,19H,1H3. The molecule has 110 valence electrons. The van der Waals surface area contributed by atoms with E-state index in [1.165, 1.54) is 25.3 Å². The van der Waals surface area contributed by atoms with E-state index in [0.717, 1.165) is 6.29 Å². The van der Waals surface area contributed by atoms with Crippen LogP contribution in [-0.4, -0.2) is 18.5 Å². The molecule has 0 atom stereocenters. The summed E-state index contributed by atoms with van der Waals surface area (Å²) in [5, 5.41) is 10.1. The van der Waals surface area contributed by atoms with Gasteiger partial charge < -0.3 is 14.3 Å². The highest BCUT2D eigenvalue weighted by Gasteiger charge is 2.14. The molecule has 3 rings (SSSR count). The predicted octanol–water partition coefficient (Wildman–Crippen LogP) is 2.99. The smallest absolute Gasteiger partial charge is 0.204 e.